The lowest BCUT2D eigenvalue weighted by Gasteiger charge is -2.53. The van der Waals surface area contributed by atoms with Crippen molar-refractivity contribution in [3.05, 3.63) is 144 Å². The Morgan fingerprint density at radius 1 is 0.343 bits per heavy atom. The van der Waals surface area contributed by atoms with Gasteiger partial charge < -0.3 is 31.1 Å². The average Bonchev–Trinajstić information content (AvgIpc) is 4.34. The van der Waals surface area contributed by atoms with E-state index in [0.717, 1.165) is 25.7 Å². The number of hydrogen-bond acceptors (Lipinski definition) is 6. The Bertz CT molecular complexity index is 2310. The summed E-state index contributed by atoms with van der Waals surface area (Å²) in [5.41, 5.74) is 3.40. The summed E-state index contributed by atoms with van der Waals surface area (Å²) in [6.45, 7) is 0.741. The minimum absolute atomic E-state index is 0.00415. The second-order valence-corrected chi connectivity index (χ2v) is 22.4. The highest BCUT2D eigenvalue weighted by molar-refractivity contribution is 5.94. The second-order valence-electron chi connectivity index (χ2n) is 22.4. The topological polar surface area (TPSA) is 157 Å². The Labute approximate surface area is 410 Å². The third-order valence-corrected chi connectivity index (χ3v) is 18.1. The van der Waals surface area contributed by atoms with Crippen LogP contribution in [0.4, 0.5) is 0 Å². The van der Waals surface area contributed by atoms with Crippen LogP contribution in [0.5, 0.6) is 0 Å². The zero-order valence-corrected chi connectivity index (χ0v) is 39.7. The first-order chi connectivity index (χ1) is 34.1. The van der Waals surface area contributed by atoms with Crippen molar-refractivity contribution in [1.82, 2.24) is 31.1 Å². The molecule has 12 atom stereocenters. The first-order valence-corrected chi connectivity index (χ1v) is 26.1. The van der Waals surface area contributed by atoms with Gasteiger partial charge in [0.1, 0.15) is 0 Å². The number of benzene rings is 4. The molecule has 4 aromatic carbocycles. The standard InChI is InChI=1S/C58H64N6O6/c65-51(59-47-27-39(47)35-13-5-1-6-14-35)43-31-63(32-44(43)52(66)60-48-28-40(48)36-15-7-2-8-16-36)55(69)57-21-24-58(25-22-57,26-23-57)56(70)64-33-45(53(67)61-49-29-41(49)37-17-9-3-10-18-37)46(34-64)54(68)62-50-30-42(50)38-19-11-4-12-20-38/h1-20,39-50H,21-34H2,(H,59,65)(H,60,66)(H,61,67)(H,62,68)/t39-,40-,41-,42-,43-,44-,45-,46-,47+,48+,49+,50+,57?,58?/m1/s1. The highest BCUT2D eigenvalue weighted by Crippen LogP contribution is 2.59. The molecular formula is C58H64N6O6. The summed E-state index contributed by atoms with van der Waals surface area (Å²) in [4.78, 5) is 90.1. The van der Waals surface area contributed by atoms with Crippen LogP contribution in [0.2, 0.25) is 0 Å². The van der Waals surface area contributed by atoms with E-state index in [2.05, 4.69) is 69.8 Å². The van der Waals surface area contributed by atoms with Crippen molar-refractivity contribution in [3.63, 3.8) is 0 Å². The molecule has 9 fully saturated rings. The van der Waals surface area contributed by atoms with Gasteiger partial charge in [-0.05, 0) is 86.5 Å². The molecule has 2 heterocycles. The molecule has 0 radical (unpaired) electrons. The number of carbonyl (C=O) groups excluding carboxylic acids is 6. The quantitative estimate of drug-likeness (QED) is 0.119. The molecule has 4 N–H and O–H groups in total. The zero-order chi connectivity index (χ0) is 47.7. The van der Waals surface area contributed by atoms with Crippen molar-refractivity contribution < 1.29 is 28.8 Å². The largest absolute Gasteiger partial charge is 0.352 e. The summed E-state index contributed by atoms with van der Waals surface area (Å²) in [6, 6.07) is 40.7. The van der Waals surface area contributed by atoms with Crippen LogP contribution in [-0.2, 0) is 28.8 Å². The van der Waals surface area contributed by atoms with Gasteiger partial charge in [-0.1, -0.05) is 121 Å². The normalized spacial score (nSPS) is 35.3. The summed E-state index contributed by atoms with van der Waals surface area (Å²) < 4.78 is 0. The van der Waals surface area contributed by atoms with Crippen LogP contribution in [0.25, 0.3) is 0 Å². The Morgan fingerprint density at radius 3 is 0.771 bits per heavy atom. The smallest absolute Gasteiger partial charge is 0.228 e. The third-order valence-electron chi connectivity index (χ3n) is 18.1. The van der Waals surface area contributed by atoms with E-state index in [4.69, 9.17) is 0 Å². The van der Waals surface area contributed by atoms with Gasteiger partial charge in [-0.2, -0.15) is 0 Å². The molecule has 362 valence electrons. The van der Waals surface area contributed by atoms with Crippen LogP contribution in [0.15, 0.2) is 121 Å². The fourth-order valence-electron chi connectivity index (χ4n) is 13.4. The zero-order valence-electron chi connectivity index (χ0n) is 39.7. The predicted octanol–water partition coefficient (Wildman–Crippen LogP) is 6.17. The van der Waals surface area contributed by atoms with Gasteiger partial charge in [0.15, 0.2) is 0 Å². The van der Waals surface area contributed by atoms with E-state index < -0.39 is 34.5 Å². The minimum atomic E-state index is -0.673. The van der Waals surface area contributed by atoms with E-state index in [1.165, 1.54) is 22.3 Å². The first-order valence-electron chi connectivity index (χ1n) is 26.1. The minimum Gasteiger partial charge on any atom is -0.352 e. The summed E-state index contributed by atoms with van der Waals surface area (Å²) in [7, 11) is 0. The molecule has 12 nitrogen and oxygen atoms in total. The molecule has 6 amide bonds. The van der Waals surface area contributed by atoms with E-state index in [1.807, 2.05) is 72.8 Å². The van der Waals surface area contributed by atoms with Crippen LogP contribution in [-0.4, -0.2) is 95.6 Å². The molecule has 0 unspecified atom stereocenters. The van der Waals surface area contributed by atoms with Gasteiger partial charge in [-0.3, -0.25) is 28.8 Å². The molecule has 2 bridgehead atoms. The highest BCUT2D eigenvalue weighted by atomic mass is 16.2. The molecule has 12 heteroatoms. The fourth-order valence-corrected chi connectivity index (χ4v) is 13.4. The SMILES string of the molecule is O=C(N[C@H]1C[C@@H]1c1ccccc1)[C@@H]1CN(C(=O)C23CCC(C(=O)N4C[C@@H](C(=O)N[C@H]5C[C@@H]5c5ccccc5)[C@H](C(=O)N[C@H]5C[C@@H]5c5ccccc5)C4)(CC2)CC3)C[C@H]1C(=O)N[C@H]1C[C@@H]1c1ccccc1. The number of amides is 6. The van der Waals surface area contributed by atoms with Gasteiger partial charge in [0.05, 0.1) is 23.7 Å². The van der Waals surface area contributed by atoms with Crippen molar-refractivity contribution in [2.75, 3.05) is 26.2 Å². The van der Waals surface area contributed by atoms with Crippen molar-refractivity contribution in [1.29, 1.82) is 0 Å². The van der Waals surface area contributed by atoms with Gasteiger partial charge in [-0.25, -0.2) is 0 Å². The number of likely N-dealkylation sites (tertiary alicyclic amines) is 2. The number of nitrogens with zero attached hydrogens (tertiary/aromatic N) is 2. The van der Waals surface area contributed by atoms with Gasteiger partial charge in [0.25, 0.3) is 0 Å². The van der Waals surface area contributed by atoms with Crippen LogP contribution < -0.4 is 21.3 Å². The van der Waals surface area contributed by atoms with E-state index in [9.17, 15) is 28.8 Å². The Morgan fingerprint density at radius 2 is 0.557 bits per heavy atom. The van der Waals surface area contributed by atoms with Gasteiger partial charge in [0.2, 0.25) is 35.4 Å². The fraction of sp³-hybridized carbons (Fsp3) is 0.483. The lowest BCUT2D eigenvalue weighted by Crippen LogP contribution is -2.56. The van der Waals surface area contributed by atoms with Crippen LogP contribution in [0.3, 0.4) is 0 Å². The Hall–Kier alpha value is -6.30. The van der Waals surface area contributed by atoms with E-state index in [-0.39, 0.29) is 109 Å². The molecule has 70 heavy (non-hydrogen) atoms. The summed E-state index contributed by atoms with van der Waals surface area (Å²) in [5.74, 6) is -2.45. The number of fused-ring (bicyclic) bond motifs is 3. The average molecular weight is 941 g/mol. The molecule has 0 aromatic heterocycles. The molecule has 9 aliphatic rings. The van der Waals surface area contributed by atoms with E-state index >= 15 is 0 Å². The Kier molecular flexibility index (Phi) is 11.4. The molecule has 7 aliphatic carbocycles. The monoisotopic (exact) mass is 940 g/mol. The van der Waals surface area contributed by atoms with Gasteiger partial charge in [0, 0.05) is 84.8 Å². The van der Waals surface area contributed by atoms with Crippen LogP contribution in [0.1, 0.15) is 110 Å². The molecule has 2 saturated heterocycles. The Balaban J connectivity index is 0.710. The maximum Gasteiger partial charge on any atom is 0.228 e. The number of rotatable bonds is 14. The number of carbonyl (C=O) groups is 6. The van der Waals surface area contributed by atoms with Crippen molar-refractivity contribution in [3.8, 4) is 0 Å². The van der Waals surface area contributed by atoms with Crippen molar-refractivity contribution in [2.24, 2.45) is 34.5 Å². The lowest BCUT2D eigenvalue weighted by molar-refractivity contribution is -0.162. The molecule has 7 saturated carbocycles. The van der Waals surface area contributed by atoms with Gasteiger partial charge >= 0.3 is 0 Å². The summed E-state index contributed by atoms with van der Waals surface area (Å²) in [5, 5.41) is 13.0. The van der Waals surface area contributed by atoms with Gasteiger partial charge in [-0.15, -0.1) is 0 Å². The molecule has 13 rings (SSSR count). The van der Waals surface area contributed by atoms with Crippen LogP contribution in [0, 0.1) is 34.5 Å². The van der Waals surface area contributed by atoms with Crippen molar-refractivity contribution >= 4 is 35.4 Å². The van der Waals surface area contributed by atoms with E-state index in [0.29, 0.717) is 38.5 Å². The molecule has 4 aromatic rings. The number of nitrogens with one attached hydrogen (secondary N) is 4. The van der Waals surface area contributed by atoms with Crippen molar-refractivity contribution in [2.45, 2.75) is 112 Å². The first kappa shape index (κ1) is 44.9. The summed E-state index contributed by atoms with van der Waals surface area (Å²) >= 11 is 0. The van der Waals surface area contributed by atoms with E-state index in [1.54, 1.807) is 9.80 Å². The molecule has 2 aliphatic heterocycles. The second kappa shape index (κ2) is 17.8. The lowest BCUT2D eigenvalue weighted by atomic mass is 9.53. The maximum absolute atomic E-state index is 14.9. The van der Waals surface area contributed by atoms with Crippen LogP contribution >= 0.6 is 0 Å². The highest BCUT2D eigenvalue weighted by Gasteiger charge is 2.60. The molecular weight excluding hydrogens is 877 g/mol. The number of hydrogen-bond donors (Lipinski definition) is 4. The maximum atomic E-state index is 14.9. The molecule has 0 spiro atoms. The predicted molar refractivity (Wildman–Crippen MR) is 263 cm³/mol. The summed E-state index contributed by atoms with van der Waals surface area (Å²) in [6.07, 6.45) is 6.60. The third kappa shape index (κ3) is 8.59.